The van der Waals surface area contributed by atoms with Gasteiger partial charge in [-0.15, -0.1) is 11.8 Å². The van der Waals surface area contributed by atoms with E-state index in [0.717, 1.165) is 21.7 Å². The minimum Gasteiger partial charge on any atom is -0.390 e. The Bertz CT molecular complexity index is 1250. The molecular formula is C25H29ClN6O2S2. The number of halogens is 1. The first-order valence-corrected chi connectivity index (χ1v) is 13.7. The fourth-order valence-electron chi connectivity index (χ4n) is 3.41. The van der Waals surface area contributed by atoms with Crippen molar-refractivity contribution in [2.75, 3.05) is 24.7 Å². The first-order valence-electron chi connectivity index (χ1n) is 11.2. The van der Waals surface area contributed by atoms with Gasteiger partial charge in [-0.1, -0.05) is 35.1 Å². The predicted octanol–water partition coefficient (Wildman–Crippen LogP) is 5.35. The number of hydrogen-bond donors (Lipinski definition) is 3. The molecule has 3 rings (SSSR count). The monoisotopic (exact) mass is 544 g/mol. The maximum atomic E-state index is 13.2. The zero-order chi connectivity index (χ0) is 26.5. The summed E-state index contributed by atoms with van der Waals surface area (Å²) in [6.07, 6.45) is 2.28. The number of urea groups is 1. The van der Waals surface area contributed by atoms with Crippen LogP contribution in [0.3, 0.4) is 0 Å². The van der Waals surface area contributed by atoms with Crippen LogP contribution in [-0.4, -0.2) is 56.3 Å². The molecule has 4 N–H and O–H groups in total. The van der Waals surface area contributed by atoms with Gasteiger partial charge in [-0.2, -0.15) is 5.26 Å². The normalized spacial score (nSPS) is 12.2. The molecule has 0 aliphatic carbocycles. The van der Waals surface area contributed by atoms with Crippen LogP contribution in [0.15, 0.2) is 36.4 Å². The number of nitrogens with two attached hydrogens (primary N) is 1. The highest BCUT2D eigenvalue weighted by Gasteiger charge is 2.23. The SMILES string of the molecule is CSC(N)CN(CCC(C)(C)O)C(=O)Nc1nc(-c2cccc(C#N)c2)c(-c2cc(C)nc(Cl)c2)s1. The van der Waals surface area contributed by atoms with Gasteiger partial charge in [0, 0.05) is 24.3 Å². The molecule has 3 aromatic rings. The van der Waals surface area contributed by atoms with Crippen LogP contribution < -0.4 is 11.1 Å². The van der Waals surface area contributed by atoms with Crippen molar-refractivity contribution in [2.24, 2.45) is 5.73 Å². The molecule has 0 saturated carbocycles. The van der Waals surface area contributed by atoms with Crippen LogP contribution in [0.25, 0.3) is 21.7 Å². The first-order chi connectivity index (χ1) is 17.0. The Labute approximate surface area is 224 Å². The molecule has 0 saturated heterocycles. The van der Waals surface area contributed by atoms with Crippen LogP contribution in [0, 0.1) is 18.3 Å². The van der Waals surface area contributed by atoms with Crippen molar-refractivity contribution >= 4 is 45.9 Å². The van der Waals surface area contributed by atoms with Crippen molar-refractivity contribution in [3.63, 3.8) is 0 Å². The number of rotatable bonds is 9. The number of nitrogens with one attached hydrogen (secondary N) is 1. The van der Waals surface area contributed by atoms with Crippen molar-refractivity contribution in [2.45, 2.75) is 38.2 Å². The van der Waals surface area contributed by atoms with Gasteiger partial charge in [-0.3, -0.25) is 5.32 Å². The summed E-state index contributed by atoms with van der Waals surface area (Å²) in [4.78, 5) is 24.6. The second kappa shape index (κ2) is 12.0. The number of carbonyl (C=O) groups excluding carboxylic acids is 1. The summed E-state index contributed by atoms with van der Waals surface area (Å²) in [7, 11) is 0. The molecule has 1 unspecified atom stereocenters. The van der Waals surface area contributed by atoms with E-state index in [4.69, 9.17) is 22.3 Å². The Morgan fingerprint density at radius 3 is 2.72 bits per heavy atom. The van der Waals surface area contributed by atoms with E-state index < -0.39 is 5.60 Å². The van der Waals surface area contributed by atoms with E-state index in [1.807, 2.05) is 25.3 Å². The Kier molecular flexibility index (Phi) is 9.33. The van der Waals surface area contributed by atoms with Gasteiger partial charge in [-0.25, -0.2) is 14.8 Å². The number of aryl methyl sites for hydroxylation is 1. The maximum absolute atomic E-state index is 13.2. The van der Waals surface area contributed by atoms with Crippen LogP contribution >= 0.6 is 34.7 Å². The van der Waals surface area contributed by atoms with E-state index in [1.165, 1.54) is 23.1 Å². The minimum absolute atomic E-state index is 0.268. The standard InChI is InChI=1S/C25H29ClN6O2S2/c1-15-10-18(12-19(26)29-15)22-21(17-7-5-6-16(11-17)13-27)30-23(36-22)31-24(33)32(14-20(28)35-4)9-8-25(2,3)34/h5-7,10-12,20,34H,8-9,14,28H2,1-4H3,(H,30,31,33). The molecule has 2 amide bonds. The van der Waals surface area contributed by atoms with Crippen molar-refractivity contribution in [3.05, 3.63) is 52.8 Å². The maximum Gasteiger partial charge on any atom is 0.323 e. The average Bonchev–Trinajstić information content (AvgIpc) is 3.24. The van der Waals surface area contributed by atoms with Gasteiger partial charge in [0.1, 0.15) is 5.15 Å². The number of nitriles is 1. The molecule has 2 aromatic heterocycles. The van der Waals surface area contributed by atoms with Gasteiger partial charge in [0.05, 0.1) is 33.2 Å². The van der Waals surface area contributed by atoms with Crippen molar-refractivity contribution < 1.29 is 9.90 Å². The van der Waals surface area contributed by atoms with E-state index in [2.05, 4.69) is 16.4 Å². The predicted molar refractivity (Wildman–Crippen MR) is 148 cm³/mol. The number of benzene rings is 1. The molecule has 0 radical (unpaired) electrons. The van der Waals surface area contributed by atoms with Crippen LogP contribution in [0.1, 0.15) is 31.5 Å². The Hall–Kier alpha value is -2.68. The van der Waals surface area contributed by atoms with Crippen LogP contribution in [0.2, 0.25) is 5.15 Å². The molecule has 2 heterocycles. The number of pyridine rings is 1. The third-order valence-corrected chi connectivity index (χ3v) is 7.24. The number of carbonyl (C=O) groups is 1. The molecule has 1 aromatic carbocycles. The second-order valence-electron chi connectivity index (χ2n) is 8.92. The lowest BCUT2D eigenvalue weighted by atomic mass is 10.1. The molecule has 36 heavy (non-hydrogen) atoms. The number of aliphatic hydroxyl groups is 1. The fourth-order valence-corrected chi connectivity index (χ4v) is 4.95. The number of nitrogens with zero attached hydrogens (tertiary/aromatic N) is 4. The first kappa shape index (κ1) is 27.9. The van der Waals surface area contributed by atoms with Crippen molar-refractivity contribution in [1.82, 2.24) is 14.9 Å². The lowest BCUT2D eigenvalue weighted by molar-refractivity contribution is 0.0623. The fraction of sp³-hybridized carbons (Fsp3) is 0.360. The summed E-state index contributed by atoms with van der Waals surface area (Å²) < 4.78 is 0. The molecule has 0 aliphatic heterocycles. The van der Waals surface area contributed by atoms with E-state index in [-0.39, 0.29) is 11.4 Å². The quantitative estimate of drug-likeness (QED) is 0.245. The largest absolute Gasteiger partial charge is 0.390 e. The van der Waals surface area contributed by atoms with Crippen LogP contribution in [-0.2, 0) is 0 Å². The highest BCUT2D eigenvalue weighted by molar-refractivity contribution is 7.99. The number of hydrogen-bond acceptors (Lipinski definition) is 8. The van der Waals surface area contributed by atoms with Gasteiger partial charge in [0.15, 0.2) is 5.13 Å². The van der Waals surface area contributed by atoms with Crippen molar-refractivity contribution in [3.8, 4) is 27.8 Å². The van der Waals surface area contributed by atoms with E-state index in [9.17, 15) is 15.2 Å². The third-order valence-electron chi connectivity index (χ3n) is 5.27. The number of thioether (sulfide) groups is 1. The molecule has 190 valence electrons. The number of thiazole rings is 1. The van der Waals surface area contributed by atoms with Gasteiger partial charge in [0.2, 0.25) is 0 Å². The summed E-state index contributed by atoms with van der Waals surface area (Å²) in [6.45, 7) is 5.91. The average molecular weight is 545 g/mol. The summed E-state index contributed by atoms with van der Waals surface area (Å²) in [5.41, 5.74) is 8.61. The molecule has 8 nitrogen and oxygen atoms in total. The molecule has 1 atom stereocenters. The molecule has 0 fully saturated rings. The second-order valence-corrected chi connectivity index (χ2v) is 11.4. The Balaban J connectivity index is 1.99. The summed E-state index contributed by atoms with van der Waals surface area (Å²) in [5, 5.41) is 22.9. The smallest absolute Gasteiger partial charge is 0.323 e. The zero-order valence-corrected chi connectivity index (χ0v) is 23.0. The van der Waals surface area contributed by atoms with Crippen molar-refractivity contribution in [1.29, 1.82) is 5.26 Å². The molecule has 0 bridgehead atoms. The van der Waals surface area contributed by atoms with E-state index in [0.29, 0.717) is 41.1 Å². The number of amides is 2. The van der Waals surface area contributed by atoms with E-state index >= 15 is 0 Å². The van der Waals surface area contributed by atoms with Crippen LogP contribution in [0.5, 0.6) is 0 Å². The Morgan fingerprint density at radius 2 is 2.08 bits per heavy atom. The summed E-state index contributed by atoms with van der Waals surface area (Å²) in [6, 6.07) is 12.6. The van der Waals surface area contributed by atoms with Gasteiger partial charge >= 0.3 is 6.03 Å². The third kappa shape index (κ3) is 7.66. The highest BCUT2D eigenvalue weighted by Crippen LogP contribution is 2.40. The molecular weight excluding hydrogens is 516 g/mol. The lowest BCUT2D eigenvalue weighted by Gasteiger charge is -2.28. The number of anilines is 1. The van der Waals surface area contributed by atoms with Gasteiger partial charge < -0.3 is 15.7 Å². The van der Waals surface area contributed by atoms with Gasteiger partial charge in [0.25, 0.3) is 0 Å². The lowest BCUT2D eigenvalue weighted by Crippen LogP contribution is -2.44. The summed E-state index contributed by atoms with van der Waals surface area (Å²) >= 11 is 8.99. The Morgan fingerprint density at radius 1 is 1.33 bits per heavy atom. The number of aromatic nitrogens is 2. The van der Waals surface area contributed by atoms with Crippen LogP contribution in [0.4, 0.5) is 9.93 Å². The molecule has 11 heteroatoms. The zero-order valence-electron chi connectivity index (χ0n) is 20.6. The molecule has 0 aliphatic rings. The van der Waals surface area contributed by atoms with Gasteiger partial charge in [-0.05, 0) is 63.3 Å². The topological polar surface area (TPSA) is 128 Å². The summed E-state index contributed by atoms with van der Waals surface area (Å²) in [5.74, 6) is 0. The highest BCUT2D eigenvalue weighted by atomic mass is 35.5. The molecule has 0 spiro atoms. The minimum atomic E-state index is -0.923. The van der Waals surface area contributed by atoms with E-state index in [1.54, 1.807) is 43.0 Å².